The number of carbonyl (C=O) groups excluding carboxylic acids is 2. The summed E-state index contributed by atoms with van der Waals surface area (Å²) in [4.78, 5) is 29.3. The molecule has 1 atom stereocenters. The van der Waals surface area contributed by atoms with Gasteiger partial charge in [0.15, 0.2) is 0 Å². The van der Waals surface area contributed by atoms with Crippen molar-refractivity contribution >= 4 is 17.5 Å². The number of rotatable bonds is 8. The average Bonchev–Trinajstić information content (AvgIpc) is 2.96. The van der Waals surface area contributed by atoms with Crippen LogP contribution in [0.1, 0.15) is 57.1 Å². The molecule has 2 amide bonds. The molecule has 1 heterocycles. The molecule has 4 heteroatoms. The fourth-order valence-electron chi connectivity index (χ4n) is 3.50. The molecule has 4 nitrogen and oxygen atoms in total. The van der Waals surface area contributed by atoms with Gasteiger partial charge in [0.05, 0.1) is 5.92 Å². The van der Waals surface area contributed by atoms with Crippen LogP contribution in [-0.4, -0.2) is 36.3 Å². The van der Waals surface area contributed by atoms with E-state index in [4.69, 9.17) is 0 Å². The van der Waals surface area contributed by atoms with Crippen LogP contribution in [0.15, 0.2) is 18.2 Å². The molecule has 1 saturated heterocycles. The lowest BCUT2D eigenvalue weighted by Crippen LogP contribution is -2.38. The van der Waals surface area contributed by atoms with Crippen LogP contribution in [0.2, 0.25) is 0 Å². The molecule has 0 spiro atoms. The number of benzene rings is 1. The number of carbonyl (C=O) groups is 2. The van der Waals surface area contributed by atoms with Gasteiger partial charge in [-0.15, -0.1) is 0 Å². The zero-order valence-corrected chi connectivity index (χ0v) is 16.2. The van der Waals surface area contributed by atoms with Gasteiger partial charge in [-0.3, -0.25) is 9.59 Å². The van der Waals surface area contributed by atoms with Crippen LogP contribution in [0.5, 0.6) is 0 Å². The Balaban J connectivity index is 2.09. The fourth-order valence-corrected chi connectivity index (χ4v) is 3.50. The second-order valence-corrected chi connectivity index (χ2v) is 7.23. The minimum atomic E-state index is -0.207. The number of nitrogens with zero attached hydrogens (tertiary/aromatic N) is 2. The number of anilines is 1. The van der Waals surface area contributed by atoms with E-state index in [2.05, 4.69) is 19.9 Å². The Morgan fingerprint density at radius 1 is 1.16 bits per heavy atom. The monoisotopic (exact) mass is 344 g/mol. The van der Waals surface area contributed by atoms with E-state index in [-0.39, 0.29) is 17.7 Å². The quantitative estimate of drug-likeness (QED) is 0.713. The van der Waals surface area contributed by atoms with E-state index in [9.17, 15) is 9.59 Å². The summed E-state index contributed by atoms with van der Waals surface area (Å²) in [5.41, 5.74) is 3.22. The second kappa shape index (κ2) is 9.02. The predicted molar refractivity (Wildman–Crippen MR) is 103 cm³/mol. The number of aryl methyl sites for hydroxylation is 2. The lowest BCUT2D eigenvalue weighted by Gasteiger charge is -2.26. The van der Waals surface area contributed by atoms with Crippen molar-refractivity contribution in [1.29, 1.82) is 0 Å². The summed E-state index contributed by atoms with van der Waals surface area (Å²) in [5, 5.41) is 0. The highest BCUT2D eigenvalue weighted by Crippen LogP contribution is 2.29. The minimum absolute atomic E-state index is 0.0660. The maximum absolute atomic E-state index is 13.0. The molecule has 1 aromatic rings. The van der Waals surface area contributed by atoms with E-state index < -0.39 is 0 Å². The van der Waals surface area contributed by atoms with Crippen molar-refractivity contribution in [1.82, 2.24) is 4.90 Å². The molecular formula is C21H32N2O2. The molecular weight excluding hydrogens is 312 g/mol. The zero-order chi connectivity index (χ0) is 18.4. The molecule has 25 heavy (non-hydrogen) atoms. The smallest absolute Gasteiger partial charge is 0.228 e. The first kappa shape index (κ1) is 19.5. The molecule has 2 rings (SSSR count). The SMILES string of the molecule is CCCCN(CCCC)C(=O)C1CC(=O)N(c2ccc(C)cc2C)C1. The molecule has 1 unspecified atom stereocenters. The Hall–Kier alpha value is -1.84. The molecule has 1 aliphatic heterocycles. The van der Waals surface area contributed by atoms with Crippen LogP contribution < -0.4 is 4.90 Å². The van der Waals surface area contributed by atoms with Gasteiger partial charge in [-0.2, -0.15) is 0 Å². The van der Waals surface area contributed by atoms with Crippen molar-refractivity contribution in [3.63, 3.8) is 0 Å². The molecule has 0 saturated carbocycles. The van der Waals surface area contributed by atoms with Gasteiger partial charge in [0.1, 0.15) is 0 Å². The van der Waals surface area contributed by atoms with Gasteiger partial charge >= 0.3 is 0 Å². The van der Waals surface area contributed by atoms with Gasteiger partial charge in [0.25, 0.3) is 0 Å². The third-order valence-corrected chi connectivity index (χ3v) is 4.99. The lowest BCUT2D eigenvalue weighted by atomic mass is 10.1. The largest absolute Gasteiger partial charge is 0.342 e. The van der Waals surface area contributed by atoms with Gasteiger partial charge < -0.3 is 9.80 Å². The van der Waals surface area contributed by atoms with E-state index in [1.807, 2.05) is 30.9 Å². The predicted octanol–water partition coefficient (Wildman–Crippen LogP) is 4.09. The van der Waals surface area contributed by atoms with E-state index in [1.54, 1.807) is 4.90 Å². The van der Waals surface area contributed by atoms with Crippen LogP contribution in [0.4, 0.5) is 5.69 Å². The van der Waals surface area contributed by atoms with Crippen molar-refractivity contribution in [3.05, 3.63) is 29.3 Å². The number of unbranched alkanes of at least 4 members (excludes halogenated alkanes) is 2. The number of hydrogen-bond donors (Lipinski definition) is 0. The summed E-state index contributed by atoms with van der Waals surface area (Å²) in [6.45, 7) is 10.5. The van der Waals surface area contributed by atoms with Gasteiger partial charge in [-0.05, 0) is 38.3 Å². The van der Waals surface area contributed by atoms with Gasteiger partial charge in [0.2, 0.25) is 11.8 Å². The van der Waals surface area contributed by atoms with Crippen LogP contribution in [0, 0.1) is 19.8 Å². The molecule has 0 radical (unpaired) electrons. The Bertz CT molecular complexity index is 604. The number of hydrogen-bond acceptors (Lipinski definition) is 2. The molecule has 0 aromatic heterocycles. The van der Waals surface area contributed by atoms with Crippen LogP contribution in [0.3, 0.4) is 0 Å². The fraction of sp³-hybridized carbons (Fsp3) is 0.619. The topological polar surface area (TPSA) is 40.6 Å². The van der Waals surface area contributed by atoms with Crippen molar-refractivity contribution in [3.8, 4) is 0 Å². The van der Waals surface area contributed by atoms with Crippen molar-refractivity contribution in [2.24, 2.45) is 5.92 Å². The third kappa shape index (κ3) is 4.83. The molecule has 1 aromatic carbocycles. The molecule has 0 aliphatic carbocycles. The summed E-state index contributed by atoms with van der Waals surface area (Å²) < 4.78 is 0. The highest BCUT2D eigenvalue weighted by atomic mass is 16.2. The first-order chi connectivity index (χ1) is 12.0. The van der Waals surface area contributed by atoms with Crippen molar-refractivity contribution in [2.75, 3.05) is 24.5 Å². The highest BCUT2D eigenvalue weighted by Gasteiger charge is 2.37. The molecule has 0 bridgehead atoms. The molecule has 1 aliphatic rings. The maximum Gasteiger partial charge on any atom is 0.228 e. The van der Waals surface area contributed by atoms with E-state index >= 15 is 0 Å². The van der Waals surface area contributed by atoms with Crippen molar-refractivity contribution < 1.29 is 9.59 Å². The Labute approximate surface area is 152 Å². The molecule has 1 fully saturated rings. The van der Waals surface area contributed by atoms with Gasteiger partial charge in [-0.25, -0.2) is 0 Å². The zero-order valence-electron chi connectivity index (χ0n) is 16.2. The maximum atomic E-state index is 13.0. The average molecular weight is 344 g/mol. The van der Waals surface area contributed by atoms with Crippen LogP contribution in [0.25, 0.3) is 0 Å². The van der Waals surface area contributed by atoms with Crippen LogP contribution >= 0.6 is 0 Å². The highest BCUT2D eigenvalue weighted by molar-refractivity contribution is 6.00. The summed E-state index contributed by atoms with van der Waals surface area (Å²) in [5.74, 6) is 0.0145. The Morgan fingerprint density at radius 3 is 2.36 bits per heavy atom. The van der Waals surface area contributed by atoms with Crippen LogP contribution in [-0.2, 0) is 9.59 Å². The number of amides is 2. The van der Waals surface area contributed by atoms with E-state index in [1.165, 1.54) is 5.56 Å². The molecule has 0 N–H and O–H groups in total. The summed E-state index contributed by atoms with van der Waals surface area (Å²) in [6.07, 6.45) is 4.54. The lowest BCUT2D eigenvalue weighted by molar-refractivity contribution is -0.136. The third-order valence-electron chi connectivity index (χ3n) is 4.99. The minimum Gasteiger partial charge on any atom is -0.342 e. The summed E-state index contributed by atoms with van der Waals surface area (Å²) in [7, 11) is 0. The Kier molecular flexibility index (Phi) is 7.03. The normalized spacial score (nSPS) is 17.2. The van der Waals surface area contributed by atoms with Gasteiger partial charge in [0, 0.05) is 31.7 Å². The summed E-state index contributed by atoms with van der Waals surface area (Å²) in [6, 6.07) is 6.12. The van der Waals surface area contributed by atoms with E-state index in [0.717, 1.165) is 50.0 Å². The second-order valence-electron chi connectivity index (χ2n) is 7.23. The molecule has 138 valence electrons. The first-order valence-electron chi connectivity index (χ1n) is 9.64. The van der Waals surface area contributed by atoms with Gasteiger partial charge in [-0.1, -0.05) is 44.4 Å². The first-order valence-corrected chi connectivity index (χ1v) is 9.64. The summed E-state index contributed by atoms with van der Waals surface area (Å²) >= 11 is 0. The Morgan fingerprint density at radius 2 is 1.80 bits per heavy atom. The van der Waals surface area contributed by atoms with E-state index in [0.29, 0.717) is 13.0 Å². The van der Waals surface area contributed by atoms with Crippen molar-refractivity contribution in [2.45, 2.75) is 59.8 Å². The standard InChI is InChI=1S/C21H32N2O2/c1-5-7-11-22(12-8-6-2)21(25)18-14-20(24)23(15-18)19-10-9-16(3)13-17(19)4/h9-10,13,18H,5-8,11-12,14-15H2,1-4H3.